The molecule has 0 saturated carbocycles. The Morgan fingerprint density at radius 1 is 1.04 bits per heavy atom. The van der Waals surface area contributed by atoms with Crippen molar-refractivity contribution in [1.29, 1.82) is 0 Å². The average Bonchev–Trinajstić information content (AvgIpc) is 2.99. The molecule has 0 fully saturated rings. The first kappa shape index (κ1) is 19.0. The molecule has 1 N–H and O–H groups in total. The van der Waals surface area contributed by atoms with Crippen molar-refractivity contribution in [1.82, 2.24) is 5.32 Å². The molecule has 1 aliphatic carbocycles. The van der Waals surface area contributed by atoms with Crippen molar-refractivity contribution in [3.8, 4) is 0 Å². The summed E-state index contributed by atoms with van der Waals surface area (Å²) < 4.78 is 11.0. The lowest BCUT2D eigenvalue weighted by molar-refractivity contribution is -0.153. The number of fused-ring (bicyclic) bond motifs is 1. The molecular weight excluding hydrogens is 342 g/mol. The molecule has 1 unspecified atom stereocenters. The van der Waals surface area contributed by atoms with E-state index in [0.29, 0.717) is 12.8 Å². The zero-order valence-electron chi connectivity index (χ0n) is 16.0. The van der Waals surface area contributed by atoms with E-state index in [9.17, 15) is 9.59 Å². The van der Waals surface area contributed by atoms with Gasteiger partial charge in [-0.25, -0.2) is 9.59 Å². The summed E-state index contributed by atoms with van der Waals surface area (Å²) in [6, 6.07) is 17.1. The van der Waals surface area contributed by atoms with Gasteiger partial charge in [-0.05, 0) is 50.3 Å². The van der Waals surface area contributed by atoms with Crippen molar-refractivity contribution in [2.45, 2.75) is 51.4 Å². The van der Waals surface area contributed by atoms with Gasteiger partial charge < -0.3 is 14.8 Å². The Hall–Kier alpha value is -2.82. The van der Waals surface area contributed by atoms with Crippen LogP contribution in [0.25, 0.3) is 0 Å². The van der Waals surface area contributed by atoms with Crippen LogP contribution in [0.3, 0.4) is 0 Å². The number of hydrogen-bond donors (Lipinski definition) is 1. The minimum atomic E-state index is -1.23. The molecule has 1 amide bonds. The minimum absolute atomic E-state index is 0.152. The number of ether oxygens (including phenoxy) is 2. The van der Waals surface area contributed by atoms with Gasteiger partial charge in [0.25, 0.3) is 0 Å². The summed E-state index contributed by atoms with van der Waals surface area (Å²) >= 11 is 0. The van der Waals surface area contributed by atoms with Crippen LogP contribution in [0.1, 0.15) is 43.9 Å². The quantitative estimate of drug-likeness (QED) is 0.827. The Morgan fingerprint density at radius 2 is 1.70 bits per heavy atom. The Bertz CT molecular complexity index is 826. The Kier molecular flexibility index (Phi) is 5.22. The Balaban J connectivity index is 1.84. The molecule has 0 bridgehead atoms. The number of esters is 1. The number of hydrogen-bond acceptors (Lipinski definition) is 4. The monoisotopic (exact) mass is 367 g/mol. The van der Waals surface area contributed by atoms with E-state index in [2.05, 4.69) is 5.32 Å². The van der Waals surface area contributed by atoms with E-state index in [1.807, 2.05) is 54.6 Å². The molecule has 1 aliphatic rings. The normalized spacial score (nSPS) is 18.5. The van der Waals surface area contributed by atoms with Crippen LogP contribution < -0.4 is 5.32 Å². The summed E-state index contributed by atoms with van der Waals surface area (Å²) in [4.78, 5) is 25.6. The van der Waals surface area contributed by atoms with Crippen LogP contribution in [0, 0.1) is 0 Å². The number of carbonyl (C=O) groups is 2. The summed E-state index contributed by atoms with van der Waals surface area (Å²) in [5.41, 5.74) is 0.814. The smallest absolute Gasteiger partial charge is 0.408 e. The van der Waals surface area contributed by atoms with Crippen LogP contribution in [0.15, 0.2) is 54.6 Å². The Morgan fingerprint density at radius 3 is 2.41 bits per heavy atom. The van der Waals surface area contributed by atoms with Gasteiger partial charge in [0, 0.05) is 0 Å². The number of amides is 1. The fourth-order valence-corrected chi connectivity index (χ4v) is 3.33. The van der Waals surface area contributed by atoms with E-state index in [1.54, 1.807) is 20.8 Å². The lowest BCUT2D eigenvalue weighted by atomic mass is 9.92. The third kappa shape index (κ3) is 4.30. The molecule has 0 aliphatic heterocycles. The van der Waals surface area contributed by atoms with Gasteiger partial charge in [-0.2, -0.15) is 0 Å². The number of alkyl carbamates (subject to hydrolysis) is 1. The van der Waals surface area contributed by atoms with E-state index in [4.69, 9.17) is 9.47 Å². The summed E-state index contributed by atoms with van der Waals surface area (Å²) in [6.45, 7) is 5.51. The first-order valence-corrected chi connectivity index (χ1v) is 9.11. The van der Waals surface area contributed by atoms with Crippen LogP contribution in [0.4, 0.5) is 4.79 Å². The van der Waals surface area contributed by atoms with E-state index in [-0.39, 0.29) is 6.61 Å². The highest BCUT2D eigenvalue weighted by atomic mass is 16.6. The van der Waals surface area contributed by atoms with E-state index in [0.717, 1.165) is 16.7 Å². The van der Waals surface area contributed by atoms with Crippen LogP contribution in [-0.2, 0) is 32.8 Å². The highest BCUT2D eigenvalue weighted by molar-refractivity contribution is 5.88. The maximum Gasteiger partial charge on any atom is 0.408 e. The van der Waals surface area contributed by atoms with E-state index in [1.165, 1.54) is 0 Å². The predicted molar refractivity (Wildman–Crippen MR) is 102 cm³/mol. The summed E-state index contributed by atoms with van der Waals surface area (Å²) in [5, 5.41) is 2.81. The fourth-order valence-electron chi connectivity index (χ4n) is 3.33. The maximum absolute atomic E-state index is 13.1. The number of aryl methyl sites for hydroxylation is 1. The van der Waals surface area contributed by atoms with Gasteiger partial charge in [-0.3, -0.25) is 0 Å². The lowest BCUT2D eigenvalue weighted by Crippen LogP contribution is -2.52. The molecule has 0 saturated heterocycles. The van der Waals surface area contributed by atoms with Gasteiger partial charge in [0.05, 0.1) is 0 Å². The third-order valence-electron chi connectivity index (χ3n) is 4.52. The van der Waals surface area contributed by atoms with Gasteiger partial charge in [-0.15, -0.1) is 0 Å². The van der Waals surface area contributed by atoms with E-state index < -0.39 is 23.2 Å². The molecule has 0 spiro atoms. The Labute approximate surface area is 159 Å². The van der Waals surface area contributed by atoms with Crippen molar-refractivity contribution in [3.05, 3.63) is 71.3 Å². The molecule has 2 aromatic carbocycles. The molecule has 0 heterocycles. The van der Waals surface area contributed by atoms with Gasteiger partial charge in [0.1, 0.15) is 12.2 Å². The number of benzene rings is 2. The maximum atomic E-state index is 13.1. The van der Waals surface area contributed by atoms with Crippen LogP contribution in [-0.4, -0.2) is 17.7 Å². The molecule has 142 valence electrons. The van der Waals surface area contributed by atoms with Gasteiger partial charge in [0.15, 0.2) is 5.54 Å². The van der Waals surface area contributed by atoms with E-state index >= 15 is 0 Å². The number of nitrogens with one attached hydrogen (secondary N) is 1. The van der Waals surface area contributed by atoms with Crippen molar-refractivity contribution >= 4 is 12.1 Å². The second-order valence-electron chi connectivity index (χ2n) is 7.75. The molecule has 27 heavy (non-hydrogen) atoms. The average molecular weight is 367 g/mol. The highest BCUT2D eigenvalue weighted by Crippen LogP contribution is 2.38. The van der Waals surface area contributed by atoms with Gasteiger partial charge in [-0.1, -0.05) is 54.6 Å². The van der Waals surface area contributed by atoms with Crippen LogP contribution in [0.2, 0.25) is 0 Å². The SMILES string of the molecule is CC(C)(C)OC(=O)NC1(C(=O)OCc2ccccc2)CCc2ccccc21. The van der Waals surface area contributed by atoms with Crippen molar-refractivity contribution in [2.24, 2.45) is 0 Å². The molecular formula is C22H25NO4. The first-order chi connectivity index (χ1) is 12.8. The zero-order chi connectivity index (χ0) is 19.5. The molecule has 5 nitrogen and oxygen atoms in total. The molecule has 2 aromatic rings. The largest absolute Gasteiger partial charge is 0.459 e. The highest BCUT2D eigenvalue weighted by Gasteiger charge is 2.48. The third-order valence-corrected chi connectivity index (χ3v) is 4.52. The lowest BCUT2D eigenvalue weighted by Gasteiger charge is -2.30. The van der Waals surface area contributed by atoms with Crippen LogP contribution >= 0.6 is 0 Å². The van der Waals surface area contributed by atoms with Crippen molar-refractivity contribution in [3.63, 3.8) is 0 Å². The van der Waals surface area contributed by atoms with Gasteiger partial charge >= 0.3 is 12.1 Å². The molecule has 3 rings (SSSR count). The van der Waals surface area contributed by atoms with Crippen molar-refractivity contribution < 1.29 is 19.1 Å². The standard InChI is InChI=1S/C22H25NO4/c1-21(2,3)27-20(25)23-22(14-13-17-11-7-8-12-18(17)22)19(24)26-15-16-9-5-4-6-10-16/h4-12H,13-15H2,1-3H3,(H,23,25). The second kappa shape index (κ2) is 7.43. The molecule has 1 atom stereocenters. The topological polar surface area (TPSA) is 64.6 Å². The molecule has 0 aromatic heterocycles. The molecule has 5 heteroatoms. The number of rotatable bonds is 4. The summed E-state index contributed by atoms with van der Waals surface area (Å²) in [5.74, 6) is -0.470. The zero-order valence-corrected chi connectivity index (χ0v) is 16.0. The second-order valence-corrected chi connectivity index (χ2v) is 7.75. The summed E-state index contributed by atoms with van der Waals surface area (Å²) in [7, 11) is 0. The van der Waals surface area contributed by atoms with Crippen LogP contribution in [0.5, 0.6) is 0 Å². The predicted octanol–water partition coefficient (Wildman–Crippen LogP) is 4.10. The fraction of sp³-hybridized carbons (Fsp3) is 0.364. The van der Waals surface area contributed by atoms with Gasteiger partial charge in [0.2, 0.25) is 0 Å². The first-order valence-electron chi connectivity index (χ1n) is 9.11. The number of carbonyl (C=O) groups excluding carboxylic acids is 2. The van der Waals surface area contributed by atoms with Crippen molar-refractivity contribution in [2.75, 3.05) is 0 Å². The molecule has 0 radical (unpaired) electrons. The minimum Gasteiger partial charge on any atom is -0.459 e. The summed E-state index contributed by atoms with van der Waals surface area (Å²) in [6.07, 6.45) is 0.502.